The fraction of sp³-hybridized carbons (Fsp3) is 0.385. The second-order valence-corrected chi connectivity index (χ2v) is 4.46. The summed E-state index contributed by atoms with van der Waals surface area (Å²) in [6, 6.07) is 8.33. The summed E-state index contributed by atoms with van der Waals surface area (Å²) >= 11 is 0. The zero-order chi connectivity index (χ0) is 12.4. The second-order valence-electron chi connectivity index (χ2n) is 4.46. The molecule has 0 amide bonds. The van der Waals surface area contributed by atoms with Gasteiger partial charge in [0.1, 0.15) is 0 Å². The van der Waals surface area contributed by atoms with Crippen LogP contribution >= 0.6 is 0 Å². The van der Waals surface area contributed by atoms with Crippen molar-refractivity contribution < 1.29 is 4.74 Å². The van der Waals surface area contributed by atoms with Gasteiger partial charge >= 0.3 is 0 Å². The van der Waals surface area contributed by atoms with Crippen LogP contribution in [-0.4, -0.2) is 42.5 Å². The second kappa shape index (κ2) is 4.88. The molecular formula is C13H16N4O. The van der Waals surface area contributed by atoms with Crippen molar-refractivity contribution in [3.63, 3.8) is 0 Å². The molecule has 1 unspecified atom stereocenters. The third-order valence-corrected chi connectivity index (χ3v) is 3.35. The third-order valence-electron chi connectivity index (χ3n) is 3.35. The number of nitrogens with one attached hydrogen (secondary N) is 2. The maximum Gasteiger partial charge on any atom is 0.156 e. The Morgan fingerprint density at radius 3 is 3.11 bits per heavy atom. The van der Waals surface area contributed by atoms with E-state index in [0.29, 0.717) is 0 Å². The first-order valence-corrected chi connectivity index (χ1v) is 6.09. The Morgan fingerprint density at radius 1 is 1.33 bits per heavy atom. The highest BCUT2D eigenvalue weighted by Gasteiger charge is 2.27. The summed E-state index contributed by atoms with van der Waals surface area (Å²) in [5.41, 5.74) is 0. The molecule has 2 aromatic rings. The number of ether oxygens (including phenoxy) is 1. The largest absolute Gasteiger partial charge is 0.378 e. The van der Waals surface area contributed by atoms with E-state index in [-0.39, 0.29) is 12.1 Å². The number of rotatable bonds is 3. The van der Waals surface area contributed by atoms with Crippen molar-refractivity contribution in [3.05, 3.63) is 30.5 Å². The van der Waals surface area contributed by atoms with Crippen LogP contribution in [0, 0.1) is 0 Å². The van der Waals surface area contributed by atoms with Gasteiger partial charge in [-0.3, -0.25) is 0 Å². The fourth-order valence-electron chi connectivity index (χ4n) is 2.36. The van der Waals surface area contributed by atoms with Crippen LogP contribution in [0.4, 0.5) is 5.82 Å². The van der Waals surface area contributed by atoms with E-state index in [1.165, 1.54) is 0 Å². The first-order valence-electron chi connectivity index (χ1n) is 6.09. The van der Waals surface area contributed by atoms with E-state index in [1.807, 2.05) is 18.2 Å². The summed E-state index contributed by atoms with van der Waals surface area (Å²) < 4.78 is 5.43. The molecular weight excluding hydrogens is 228 g/mol. The topological polar surface area (TPSA) is 59.1 Å². The van der Waals surface area contributed by atoms with E-state index in [2.05, 4.69) is 26.9 Å². The van der Waals surface area contributed by atoms with Gasteiger partial charge in [-0.1, -0.05) is 24.3 Å². The summed E-state index contributed by atoms with van der Waals surface area (Å²) in [5, 5.41) is 17.1. The summed E-state index contributed by atoms with van der Waals surface area (Å²) in [5.74, 6) is 0.823. The quantitative estimate of drug-likeness (QED) is 0.844. The lowest BCUT2D eigenvalue weighted by Gasteiger charge is -2.19. The van der Waals surface area contributed by atoms with Crippen LogP contribution in [-0.2, 0) is 4.74 Å². The molecule has 1 fully saturated rings. The number of benzene rings is 1. The summed E-state index contributed by atoms with van der Waals surface area (Å²) in [4.78, 5) is 0. The molecule has 1 aliphatic rings. The van der Waals surface area contributed by atoms with Gasteiger partial charge in [0.25, 0.3) is 0 Å². The zero-order valence-corrected chi connectivity index (χ0v) is 10.3. The molecule has 94 valence electrons. The number of nitrogens with zero attached hydrogens (tertiary/aromatic N) is 2. The van der Waals surface area contributed by atoms with Crippen molar-refractivity contribution in [1.29, 1.82) is 0 Å². The summed E-state index contributed by atoms with van der Waals surface area (Å²) in [6.45, 7) is 1.75. The lowest BCUT2D eigenvalue weighted by molar-refractivity contribution is 0.111. The predicted octanol–water partition coefficient (Wildman–Crippen LogP) is 1.03. The molecule has 1 aromatic heterocycles. The highest BCUT2D eigenvalue weighted by Crippen LogP contribution is 2.21. The Kier molecular flexibility index (Phi) is 3.08. The minimum absolute atomic E-state index is 0.172. The molecule has 0 spiro atoms. The molecule has 5 nitrogen and oxygen atoms in total. The van der Waals surface area contributed by atoms with Gasteiger partial charge in [-0.15, -0.1) is 5.10 Å². The van der Waals surface area contributed by atoms with Gasteiger partial charge in [-0.25, -0.2) is 0 Å². The number of fused-ring (bicyclic) bond motifs is 1. The van der Waals surface area contributed by atoms with E-state index in [0.717, 1.165) is 29.7 Å². The van der Waals surface area contributed by atoms with Gasteiger partial charge in [0.2, 0.25) is 0 Å². The average molecular weight is 244 g/mol. The molecule has 1 saturated heterocycles. The molecule has 1 aromatic carbocycles. The molecule has 0 bridgehead atoms. The van der Waals surface area contributed by atoms with Crippen molar-refractivity contribution >= 4 is 16.6 Å². The standard InChI is InChI=1S/C13H16N4O/c1-18-12-8-14-7-11(12)16-13-10-5-3-2-4-9(10)6-15-17-13/h2-6,11-12,14H,7-8H2,1H3,(H,16,17)/t11?,12-/m1/s1. The summed E-state index contributed by atoms with van der Waals surface area (Å²) in [6.07, 6.45) is 1.95. The molecule has 18 heavy (non-hydrogen) atoms. The predicted molar refractivity (Wildman–Crippen MR) is 70.6 cm³/mol. The highest BCUT2D eigenvalue weighted by molar-refractivity contribution is 5.90. The van der Waals surface area contributed by atoms with Gasteiger partial charge in [-0.05, 0) is 0 Å². The van der Waals surface area contributed by atoms with Crippen molar-refractivity contribution in [1.82, 2.24) is 15.5 Å². The molecule has 2 heterocycles. The Labute approximate surface area is 106 Å². The van der Waals surface area contributed by atoms with Gasteiger partial charge in [0.15, 0.2) is 5.82 Å². The SMILES string of the molecule is CO[C@@H]1CNCC1Nc1nncc2ccccc12. The van der Waals surface area contributed by atoms with Crippen LogP contribution in [0.1, 0.15) is 0 Å². The fourth-order valence-corrected chi connectivity index (χ4v) is 2.36. The first kappa shape index (κ1) is 11.4. The Hall–Kier alpha value is -1.72. The molecule has 2 atom stereocenters. The van der Waals surface area contributed by atoms with E-state index >= 15 is 0 Å². The van der Waals surface area contributed by atoms with Gasteiger partial charge < -0.3 is 15.4 Å². The number of aromatic nitrogens is 2. The van der Waals surface area contributed by atoms with E-state index in [4.69, 9.17) is 4.74 Å². The van der Waals surface area contributed by atoms with Gasteiger partial charge in [0, 0.05) is 31.0 Å². The van der Waals surface area contributed by atoms with Crippen molar-refractivity contribution in [2.24, 2.45) is 0 Å². The highest BCUT2D eigenvalue weighted by atomic mass is 16.5. The molecule has 0 radical (unpaired) electrons. The Morgan fingerprint density at radius 2 is 2.22 bits per heavy atom. The van der Waals surface area contributed by atoms with Crippen LogP contribution in [0.2, 0.25) is 0 Å². The van der Waals surface area contributed by atoms with E-state index < -0.39 is 0 Å². The number of hydrogen-bond acceptors (Lipinski definition) is 5. The smallest absolute Gasteiger partial charge is 0.156 e. The molecule has 3 rings (SSSR count). The van der Waals surface area contributed by atoms with Crippen LogP contribution < -0.4 is 10.6 Å². The monoisotopic (exact) mass is 244 g/mol. The van der Waals surface area contributed by atoms with Crippen LogP contribution in [0.5, 0.6) is 0 Å². The van der Waals surface area contributed by atoms with Crippen molar-refractivity contribution in [2.45, 2.75) is 12.1 Å². The Bertz CT molecular complexity index is 540. The van der Waals surface area contributed by atoms with Crippen LogP contribution in [0.3, 0.4) is 0 Å². The minimum Gasteiger partial charge on any atom is -0.378 e. The third kappa shape index (κ3) is 2.02. The molecule has 1 aliphatic heterocycles. The molecule has 0 aliphatic carbocycles. The summed E-state index contributed by atoms with van der Waals surface area (Å²) in [7, 11) is 1.74. The number of anilines is 1. The maximum absolute atomic E-state index is 5.43. The molecule has 0 saturated carbocycles. The van der Waals surface area contributed by atoms with Gasteiger partial charge in [0.05, 0.1) is 18.3 Å². The minimum atomic E-state index is 0.172. The lowest BCUT2D eigenvalue weighted by Crippen LogP contribution is -2.34. The van der Waals surface area contributed by atoms with Crippen LogP contribution in [0.25, 0.3) is 10.8 Å². The normalized spacial score (nSPS) is 23.4. The first-order chi connectivity index (χ1) is 8.88. The maximum atomic E-state index is 5.43. The number of methoxy groups -OCH3 is 1. The lowest BCUT2D eigenvalue weighted by atomic mass is 10.1. The zero-order valence-electron chi connectivity index (χ0n) is 10.3. The molecule has 5 heteroatoms. The van der Waals surface area contributed by atoms with Crippen LogP contribution in [0.15, 0.2) is 30.5 Å². The average Bonchev–Trinajstić information content (AvgIpc) is 2.86. The molecule has 2 N–H and O–H groups in total. The van der Waals surface area contributed by atoms with Crippen molar-refractivity contribution in [2.75, 3.05) is 25.5 Å². The Balaban J connectivity index is 1.90. The van der Waals surface area contributed by atoms with E-state index in [9.17, 15) is 0 Å². The van der Waals surface area contributed by atoms with Crippen molar-refractivity contribution in [3.8, 4) is 0 Å². The van der Waals surface area contributed by atoms with Gasteiger partial charge in [-0.2, -0.15) is 5.10 Å². The van der Waals surface area contributed by atoms with E-state index in [1.54, 1.807) is 13.3 Å². The number of hydrogen-bond donors (Lipinski definition) is 2.